The van der Waals surface area contributed by atoms with Crippen molar-refractivity contribution in [2.75, 3.05) is 18.5 Å². The number of ether oxygens (including phenoxy) is 1. The van der Waals surface area contributed by atoms with Gasteiger partial charge < -0.3 is 20.2 Å². The number of nitrogens with one attached hydrogen (secondary N) is 2. The molecule has 7 nitrogen and oxygen atoms in total. The van der Waals surface area contributed by atoms with E-state index in [0.717, 1.165) is 0 Å². The fourth-order valence-electron chi connectivity index (χ4n) is 1.63. The Morgan fingerprint density at radius 2 is 2.04 bits per heavy atom. The summed E-state index contributed by atoms with van der Waals surface area (Å²) in [4.78, 5) is 28.1. The second-order valence-electron chi connectivity index (χ2n) is 4.55. The third-order valence-corrected chi connectivity index (χ3v) is 2.93. The van der Waals surface area contributed by atoms with E-state index in [1.807, 2.05) is 6.92 Å². The second-order valence-corrected chi connectivity index (χ2v) is 4.95. The number of anilines is 1. The molecule has 24 heavy (non-hydrogen) atoms. The predicted molar refractivity (Wildman–Crippen MR) is 93.2 cm³/mol. The van der Waals surface area contributed by atoms with Gasteiger partial charge in [0.1, 0.15) is 6.61 Å². The summed E-state index contributed by atoms with van der Waals surface area (Å²) in [7, 11) is 0. The molecule has 2 N–H and O–H groups in total. The van der Waals surface area contributed by atoms with Crippen molar-refractivity contribution < 1.29 is 19.2 Å². The van der Waals surface area contributed by atoms with Gasteiger partial charge in [0.15, 0.2) is 0 Å². The van der Waals surface area contributed by atoms with Crippen molar-refractivity contribution in [2.45, 2.75) is 20.8 Å². The van der Waals surface area contributed by atoms with Gasteiger partial charge in [-0.15, -0.1) is 0 Å². The first-order valence-electron chi connectivity index (χ1n) is 7.34. The molecule has 2 amide bonds. The van der Waals surface area contributed by atoms with Crippen molar-refractivity contribution >= 4 is 35.5 Å². The number of rotatable bonds is 7. The van der Waals surface area contributed by atoms with Gasteiger partial charge in [-0.3, -0.25) is 0 Å². The van der Waals surface area contributed by atoms with Crippen LogP contribution in [0, 0.1) is 0 Å². The number of halogens is 1. The lowest BCUT2D eigenvalue weighted by Gasteiger charge is -2.09. The van der Waals surface area contributed by atoms with Crippen LogP contribution in [0.25, 0.3) is 0 Å². The van der Waals surface area contributed by atoms with Crippen LogP contribution in [-0.2, 0) is 14.4 Å². The molecule has 0 aliphatic carbocycles. The smallest absolute Gasteiger partial charge is 0.332 e. The molecule has 0 saturated carbocycles. The molecule has 1 aromatic rings. The highest BCUT2D eigenvalue weighted by molar-refractivity contribution is 6.33. The van der Waals surface area contributed by atoms with Crippen LogP contribution < -0.4 is 10.6 Å². The molecule has 0 saturated heterocycles. The Kier molecular flexibility index (Phi) is 8.35. The number of hydrogen-bond donors (Lipinski definition) is 2. The van der Waals surface area contributed by atoms with Gasteiger partial charge in [0.2, 0.25) is 0 Å². The quantitative estimate of drug-likeness (QED) is 0.340. The molecule has 0 spiro atoms. The Morgan fingerprint density at radius 3 is 2.71 bits per heavy atom. The lowest BCUT2D eigenvalue weighted by atomic mass is 10.2. The third-order valence-electron chi connectivity index (χ3n) is 2.58. The predicted octanol–water partition coefficient (Wildman–Crippen LogP) is 3.30. The zero-order valence-electron chi connectivity index (χ0n) is 13.8. The maximum atomic E-state index is 11.9. The summed E-state index contributed by atoms with van der Waals surface area (Å²) in [6, 6.07) is 4.42. The minimum atomic E-state index is -0.517. The third kappa shape index (κ3) is 7.15. The van der Waals surface area contributed by atoms with Gasteiger partial charge in [-0.05, 0) is 39.0 Å². The first-order chi connectivity index (χ1) is 11.5. The Labute approximate surface area is 145 Å². The molecule has 0 bridgehead atoms. The number of esters is 1. The van der Waals surface area contributed by atoms with Crippen LogP contribution in [0.4, 0.5) is 10.5 Å². The van der Waals surface area contributed by atoms with Gasteiger partial charge >= 0.3 is 12.0 Å². The van der Waals surface area contributed by atoms with Gasteiger partial charge in [0, 0.05) is 28.0 Å². The SMILES string of the molecule is CCON=Cc1cc(NC(=O)NC(C)=CC(=O)OCC)ccc1Cl. The van der Waals surface area contributed by atoms with Gasteiger partial charge in [0.25, 0.3) is 0 Å². The highest BCUT2D eigenvalue weighted by Crippen LogP contribution is 2.19. The maximum Gasteiger partial charge on any atom is 0.332 e. The molecule has 0 aromatic heterocycles. The average Bonchev–Trinajstić information content (AvgIpc) is 2.50. The van der Waals surface area contributed by atoms with Crippen LogP contribution in [0.1, 0.15) is 26.3 Å². The molecule has 1 rings (SSSR count). The van der Waals surface area contributed by atoms with Gasteiger partial charge in [-0.1, -0.05) is 16.8 Å². The van der Waals surface area contributed by atoms with Crippen molar-refractivity contribution in [1.82, 2.24) is 5.32 Å². The lowest BCUT2D eigenvalue weighted by Crippen LogP contribution is -2.27. The fourth-order valence-corrected chi connectivity index (χ4v) is 1.79. The standard InChI is InChI=1S/C16H20ClN3O4/c1-4-23-15(21)8-11(3)19-16(22)20-13-6-7-14(17)12(9-13)10-18-24-5-2/h6-10H,4-5H2,1-3H3,(H2,19,20,22). The zero-order chi connectivity index (χ0) is 17.9. The molecule has 1 aromatic carbocycles. The molecular formula is C16H20ClN3O4. The van der Waals surface area contributed by atoms with Crippen LogP contribution >= 0.6 is 11.6 Å². The molecule has 8 heteroatoms. The van der Waals surface area contributed by atoms with Crippen molar-refractivity contribution in [2.24, 2.45) is 5.16 Å². The molecule has 0 atom stereocenters. The highest BCUT2D eigenvalue weighted by Gasteiger charge is 2.06. The Balaban J connectivity index is 2.70. The van der Waals surface area contributed by atoms with E-state index in [-0.39, 0.29) is 6.61 Å². The summed E-state index contributed by atoms with van der Waals surface area (Å²) < 4.78 is 4.76. The van der Waals surface area contributed by atoms with E-state index in [4.69, 9.17) is 21.2 Å². The van der Waals surface area contributed by atoms with Crippen molar-refractivity contribution in [3.63, 3.8) is 0 Å². The second kappa shape index (κ2) is 10.3. The van der Waals surface area contributed by atoms with E-state index in [2.05, 4.69) is 15.8 Å². The number of allylic oxidation sites excluding steroid dienone is 1. The molecule has 0 aliphatic rings. The number of nitrogens with zero attached hydrogens (tertiary/aromatic N) is 1. The van der Waals surface area contributed by atoms with Crippen LogP contribution in [0.3, 0.4) is 0 Å². The summed E-state index contributed by atoms with van der Waals surface area (Å²) in [5, 5.41) is 9.37. The van der Waals surface area contributed by atoms with Crippen LogP contribution in [-0.4, -0.2) is 31.4 Å². The van der Waals surface area contributed by atoms with Crippen LogP contribution in [0.2, 0.25) is 5.02 Å². The minimum absolute atomic E-state index is 0.270. The van der Waals surface area contributed by atoms with E-state index in [9.17, 15) is 9.59 Å². The summed E-state index contributed by atoms with van der Waals surface area (Å²) >= 11 is 6.05. The van der Waals surface area contributed by atoms with Crippen molar-refractivity contribution in [1.29, 1.82) is 0 Å². The molecule has 0 heterocycles. The first kappa shape index (κ1) is 19.5. The molecule has 0 aliphatic heterocycles. The molecular weight excluding hydrogens is 334 g/mol. The normalized spacial score (nSPS) is 11.2. The monoisotopic (exact) mass is 353 g/mol. The topological polar surface area (TPSA) is 89.0 Å². The summed E-state index contributed by atoms with van der Waals surface area (Å²) in [5.74, 6) is -0.517. The van der Waals surface area contributed by atoms with Gasteiger partial charge in [-0.2, -0.15) is 0 Å². The number of carbonyl (C=O) groups excluding carboxylic acids is 2. The number of oxime groups is 1. The van der Waals surface area contributed by atoms with E-state index < -0.39 is 12.0 Å². The zero-order valence-corrected chi connectivity index (χ0v) is 14.5. The average molecular weight is 354 g/mol. The van der Waals surface area contributed by atoms with Gasteiger partial charge in [0.05, 0.1) is 12.8 Å². The fraction of sp³-hybridized carbons (Fsp3) is 0.312. The molecule has 130 valence electrons. The number of hydrogen-bond acceptors (Lipinski definition) is 5. The Bertz CT molecular complexity index is 644. The first-order valence-corrected chi connectivity index (χ1v) is 7.72. The van der Waals surface area contributed by atoms with E-state index in [0.29, 0.717) is 28.6 Å². The lowest BCUT2D eigenvalue weighted by molar-refractivity contribution is -0.137. The van der Waals surface area contributed by atoms with E-state index >= 15 is 0 Å². The number of urea groups is 1. The summed E-state index contributed by atoms with van der Waals surface area (Å²) in [6.45, 7) is 5.81. The Hall–Kier alpha value is -2.54. The minimum Gasteiger partial charge on any atom is -0.463 e. The van der Waals surface area contributed by atoms with Crippen LogP contribution in [0.5, 0.6) is 0 Å². The molecule has 0 unspecified atom stereocenters. The number of carbonyl (C=O) groups is 2. The van der Waals surface area contributed by atoms with Crippen molar-refractivity contribution in [3.8, 4) is 0 Å². The molecule has 0 fully saturated rings. The largest absolute Gasteiger partial charge is 0.463 e. The van der Waals surface area contributed by atoms with Gasteiger partial charge in [-0.25, -0.2) is 9.59 Å². The molecule has 0 radical (unpaired) electrons. The van der Waals surface area contributed by atoms with E-state index in [1.54, 1.807) is 32.0 Å². The Morgan fingerprint density at radius 1 is 1.29 bits per heavy atom. The number of amides is 2. The van der Waals surface area contributed by atoms with Crippen LogP contribution in [0.15, 0.2) is 35.1 Å². The maximum absolute atomic E-state index is 11.9. The highest BCUT2D eigenvalue weighted by atomic mass is 35.5. The summed E-state index contributed by atoms with van der Waals surface area (Å²) in [6.07, 6.45) is 2.66. The van der Waals surface area contributed by atoms with Crippen molar-refractivity contribution in [3.05, 3.63) is 40.6 Å². The summed E-state index contributed by atoms with van der Waals surface area (Å²) in [5.41, 5.74) is 1.47. The van der Waals surface area contributed by atoms with E-state index in [1.165, 1.54) is 12.3 Å². The number of benzene rings is 1.